The molecule has 0 aliphatic rings. The van der Waals surface area contributed by atoms with Gasteiger partial charge in [-0.3, -0.25) is 4.98 Å². The van der Waals surface area contributed by atoms with Crippen molar-refractivity contribution in [1.29, 1.82) is 0 Å². The Hall–Kier alpha value is -2.02. The molecule has 0 saturated heterocycles. The second kappa shape index (κ2) is 5.75. The third-order valence-corrected chi connectivity index (χ3v) is 3.06. The van der Waals surface area contributed by atoms with E-state index in [1.54, 1.807) is 6.20 Å². The number of nitrogens with zero attached hydrogens (tertiary/aromatic N) is 1. The third-order valence-electron chi connectivity index (χ3n) is 2.56. The summed E-state index contributed by atoms with van der Waals surface area (Å²) in [5, 5.41) is 14.8. The van der Waals surface area contributed by atoms with Gasteiger partial charge >= 0.3 is 6.09 Å². The monoisotopic (exact) mass is 324 g/mol. The van der Waals surface area contributed by atoms with Gasteiger partial charge < -0.3 is 21.5 Å². The van der Waals surface area contributed by atoms with Crippen LogP contribution in [-0.2, 0) is 0 Å². The van der Waals surface area contributed by atoms with Crippen molar-refractivity contribution in [3.63, 3.8) is 0 Å². The van der Waals surface area contributed by atoms with Gasteiger partial charge in [0.15, 0.2) is 0 Å². The lowest BCUT2D eigenvalue weighted by Crippen LogP contribution is -2.27. The molecule has 0 fully saturated rings. The first-order chi connectivity index (χ1) is 9.08. The Bertz CT molecular complexity index is 618. The zero-order chi connectivity index (χ0) is 13.8. The van der Waals surface area contributed by atoms with Crippen LogP contribution >= 0.6 is 15.9 Å². The molecule has 0 spiro atoms. The average Bonchev–Trinajstić information content (AvgIpc) is 2.36. The number of nitrogens with one attached hydrogen (secondary N) is 2. The Morgan fingerprint density at radius 2 is 2.21 bits per heavy atom. The maximum Gasteiger partial charge on any atom is 0.404 e. The molecule has 1 heterocycles. The van der Waals surface area contributed by atoms with Gasteiger partial charge in [0.05, 0.1) is 23.1 Å². The number of carboxylic acid groups (broad SMARTS) is 1. The fourth-order valence-electron chi connectivity index (χ4n) is 1.74. The normalized spacial score (nSPS) is 10.4. The highest BCUT2D eigenvalue weighted by Crippen LogP contribution is 2.29. The van der Waals surface area contributed by atoms with E-state index in [1.165, 1.54) is 0 Å². The molecule has 0 bridgehead atoms. The van der Waals surface area contributed by atoms with Gasteiger partial charge in [-0.15, -0.1) is 0 Å². The minimum Gasteiger partial charge on any atom is -0.465 e. The van der Waals surface area contributed by atoms with E-state index in [0.29, 0.717) is 18.8 Å². The molecule has 1 aromatic carbocycles. The summed E-state index contributed by atoms with van der Waals surface area (Å²) in [5.74, 6) is 0. The molecule has 0 unspecified atom stereocenters. The molecular formula is C12H13BrN4O2. The maximum absolute atomic E-state index is 10.3. The lowest BCUT2D eigenvalue weighted by molar-refractivity contribution is 0.195. The van der Waals surface area contributed by atoms with Crippen molar-refractivity contribution >= 4 is 44.3 Å². The van der Waals surface area contributed by atoms with Crippen molar-refractivity contribution in [3.8, 4) is 0 Å². The van der Waals surface area contributed by atoms with Crippen molar-refractivity contribution in [3.05, 3.63) is 28.9 Å². The van der Waals surface area contributed by atoms with Gasteiger partial charge in [-0.2, -0.15) is 0 Å². The second-order valence-corrected chi connectivity index (χ2v) is 4.82. The van der Waals surface area contributed by atoms with E-state index in [2.05, 4.69) is 31.5 Å². The highest BCUT2D eigenvalue weighted by atomic mass is 79.9. The Labute approximate surface area is 118 Å². The second-order valence-electron chi connectivity index (χ2n) is 3.91. The number of aromatic nitrogens is 1. The van der Waals surface area contributed by atoms with Crippen molar-refractivity contribution in [2.75, 3.05) is 24.1 Å². The highest BCUT2D eigenvalue weighted by Gasteiger charge is 2.06. The summed E-state index contributed by atoms with van der Waals surface area (Å²) < 4.78 is 0.941. The number of nitrogens with two attached hydrogens (primary N) is 1. The number of hydrogen-bond acceptors (Lipinski definition) is 4. The van der Waals surface area contributed by atoms with E-state index in [-0.39, 0.29) is 0 Å². The smallest absolute Gasteiger partial charge is 0.404 e. The summed E-state index contributed by atoms with van der Waals surface area (Å²) in [7, 11) is 0. The molecule has 0 radical (unpaired) electrons. The summed E-state index contributed by atoms with van der Waals surface area (Å²) in [4.78, 5) is 14.6. The third kappa shape index (κ3) is 3.25. The number of benzene rings is 1. The van der Waals surface area contributed by atoms with Crippen molar-refractivity contribution in [2.24, 2.45) is 0 Å². The van der Waals surface area contributed by atoms with Crippen LogP contribution in [-0.4, -0.2) is 29.3 Å². The van der Waals surface area contributed by atoms with Crippen LogP contribution in [0.2, 0.25) is 0 Å². The van der Waals surface area contributed by atoms with Crippen molar-refractivity contribution in [1.82, 2.24) is 10.3 Å². The SMILES string of the molecule is Nc1cnc2cc(Br)ccc2c1NCCNC(=O)O. The van der Waals surface area contributed by atoms with E-state index in [0.717, 1.165) is 21.1 Å². The maximum atomic E-state index is 10.3. The molecule has 1 aromatic heterocycles. The van der Waals surface area contributed by atoms with Gasteiger partial charge in [0.25, 0.3) is 0 Å². The first kappa shape index (κ1) is 13.4. The number of halogens is 1. The zero-order valence-corrected chi connectivity index (χ0v) is 11.6. The number of pyridine rings is 1. The molecule has 0 aliphatic heterocycles. The lowest BCUT2D eigenvalue weighted by Gasteiger charge is -2.12. The fourth-order valence-corrected chi connectivity index (χ4v) is 2.09. The van der Waals surface area contributed by atoms with Gasteiger partial charge in [0.2, 0.25) is 0 Å². The molecule has 2 aromatic rings. The Morgan fingerprint density at radius 1 is 1.42 bits per heavy atom. The lowest BCUT2D eigenvalue weighted by atomic mass is 10.1. The molecule has 2 rings (SSSR count). The van der Waals surface area contributed by atoms with E-state index < -0.39 is 6.09 Å². The van der Waals surface area contributed by atoms with Crippen molar-refractivity contribution in [2.45, 2.75) is 0 Å². The molecule has 0 atom stereocenters. The van der Waals surface area contributed by atoms with E-state index in [1.807, 2.05) is 18.2 Å². The van der Waals surface area contributed by atoms with Crippen LogP contribution in [0.1, 0.15) is 0 Å². The zero-order valence-electron chi connectivity index (χ0n) is 9.98. The van der Waals surface area contributed by atoms with Gasteiger partial charge in [0, 0.05) is 22.9 Å². The summed E-state index contributed by atoms with van der Waals surface area (Å²) in [6.07, 6.45) is 0.542. The van der Waals surface area contributed by atoms with Crippen LogP contribution in [0.4, 0.5) is 16.2 Å². The van der Waals surface area contributed by atoms with E-state index in [9.17, 15) is 4.79 Å². The molecule has 7 heteroatoms. The van der Waals surface area contributed by atoms with Crippen LogP contribution in [0.5, 0.6) is 0 Å². The summed E-state index contributed by atoms with van der Waals surface area (Å²) in [5.41, 5.74) is 8.01. The summed E-state index contributed by atoms with van der Waals surface area (Å²) >= 11 is 3.39. The fraction of sp³-hybridized carbons (Fsp3) is 0.167. The Kier molecular flexibility index (Phi) is 4.06. The summed E-state index contributed by atoms with van der Waals surface area (Å²) in [6, 6.07) is 5.72. The average molecular weight is 325 g/mol. The highest BCUT2D eigenvalue weighted by molar-refractivity contribution is 9.10. The quantitative estimate of drug-likeness (QED) is 0.646. The van der Waals surface area contributed by atoms with E-state index >= 15 is 0 Å². The minimum absolute atomic E-state index is 0.301. The number of anilines is 2. The van der Waals surface area contributed by atoms with Gasteiger partial charge in [0.1, 0.15) is 0 Å². The molecule has 19 heavy (non-hydrogen) atoms. The van der Waals surface area contributed by atoms with Gasteiger partial charge in [-0.05, 0) is 18.2 Å². The topological polar surface area (TPSA) is 100 Å². The number of nitrogen functional groups attached to an aromatic ring is 1. The molecule has 100 valence electrons. The summed E-state index contributed by atoms with van der Waals surface area (Å²) in [6.45, 7) is 0.751. The Morgan fingerprint density at radius 3 is 2.95 bits per heavy atom. The van der Waals surface area contributed by atoms with Crippen LogP contribution in [0, 0.1) is 0 Å². The standard InChI is InChI=1S/C12H13BrN4O2/c13-7-1-2-8-10(5-7)17-6-9(14)11(8)15-3-4-16-12(18)19/h1-2,5-6,16H,3-4,14H2,(H,15,17)(H,18,19). The largest absolute Gasteiger partial charge is 0.465 e. The molecular weight excluding hydrogens is 312 g/mol. The number of hydrogen-bond donors (Lipinski definition) is 4. The van der Waals surface area contributed by atoms with Crippen LogP contribution < -0.4 is 16.4 Å². The number of carbonyl (C=O) groups is 1. The molecule has 5 N–H and O–H groups in total. The van der Waals surface area contributed by atoms with E-state index in [4.69, 9.17) is 10.8 Å². The first-order valence-electron chi connectivity index (χ1n) is 5.62. The predicted molar refractivity (Wildman–Crippen MR) is 78.4 cm³/mol. The predicted octanol–water partition coefficient (Wildman–Crippen LogP) is 2.26. The van der Waals surface area contributed by atoms with Crippen molar-refractivity contribution < 1.29 is 9.90 Å². The minimum atomic E-state index is -1.04. The van der Waals surface area contributed by atoms with Crippen LogP contribution in [0.15, 0.2) is 28.9 Å². The molecule has 6 nitrogen and oxygen atoms in total. The Balaban J connectivity index is 2.21. The van der Waals surface area contributed by atoms with Gasteiger partial charge in [-0.25, -0.2) is 4.79 Å². The molecule has 1 amide bonds. The number of rotatable bonds is 4. The number of fused-ring (bicyclic) bond motifs is 1. The molecule has 0 saturated carbocycles. The number of amides is 1. The molecule has 0 aliphatic carbocycles. The van der Waals surface area contributed by atoms with Gasteiger partial charge in [-0.1, -0.05) is 15.9 Å². The van der Waals surface area contributed by atoms with Crippen LogP contribution in [0.3, 0.4) is 0 Å². The van der Waals surface area contributed by atoms with Crippen LogP contribution in [0.25, 0.3) is 10.9 Å². The first-order valence-corrected chi connectivity index (χ1v) is 6.41.